The number of rotatable bonds is 5. The number of aromatic nitrogens is 2. The third-order valence-electron chi connectivity index (χ3n) is 7.77. The van der Waals surface area contributed by atoms with Gasteiger partial charge in [-0.15, -0.1) is 0 Å². The quantitative estimate of drug-likeness (QED) is 0.383. The summed E-state index contributed by atoms with van der Waals surface area (Å²) in [6.45, 7) is 4.46. The van der Waals surface area contributed by atoms with Gasteiger partial charge < -0.3 is 15.6 Å². The molecule has 0 bridgehead atoms. The summed E-state index contributed by atoms with van der Waals surface area (Å²) in [5.74, 6) is 2.40. The second-order valence-electron chi connectivity index (χ2n) is 10.8. The van der Waals surface area contributed by atoms with Crippen LogP contribution in [0.5, 0.6) is 0 Å². The summed E-state index contributed by atoms with van der Waals surface area (Å²) in [6.07, 6.45) is 8.57. The zero-order valence-electron chi connectivity index (χ0n) is 20.8. The number of nitrogens with one attached hydrogen (secondary N) is 3. The van der Waals surface area contributed by atoms with E-state index in [2.05, 4.69) is 29.5 Å². The molecule has 2 aromatic carbocycles. The van der Waals surface area contributed by atoms with E-state index in [-0.39, 0.29) is 23.7 Å². The van der Waals surface area contributed by atoms with Crippen molar-refractivity contribution in [3.05, 3.63) is 42.5 Å². The summed E-state index contributed by atoms with van der Waals surface area (Å²) in [6, 6.07) is 13.6. The maximum Gasteiger partial charge on any atom is 0.227 e. The number of nitrogens with zero attached hydrogens (tertiary/aromatic N) is 1. The number of anilines is 2. The van der Waals surface area contributed by atoms with Crippen LogP contribution in [0.4, 0.5) is 11.4 Å². The third-order valence-corrected chi connectivity index (χ3v) is 7.77. The number of hydrogen-bond acceptors (Lipinski definition) is 3. The lowest BCUT2D eigenvalue weighted by Crippen LogP contribution is -2.27. The lowest BCUT2D eigenvalue weighted by Gasteiger charge is -2.25. The Balaban J connectivity index is 1.28. The highest BCUT2D eigenvalue weighted by Gasteiger charge is 2.26. The van der Waals surface area contributed by atoms with E-state index in [9.17, 15) is 9.59 Å². The summed E-state index contributed by atoms with van der Waals surface area (Å²) >= 11 is 0. The number of hydrogen-bond donors (Lipinski definition) is 3. The minimum atomic E-state index is 0.0964. The van der Waals surface area contributed by atoms with E-state index in [4.69, 9.17) is 4.98 Å². The number of benzene rings is 2. The SMILES string of the molecule is CC1CCCC(C(=O)Nc2cccc(-c3nc4ccc(NC(=O)C5CCCC(C)C5)cc4[nH]3)c2)C1. The van der Waals surface area contributed by atoms with Gasteiger partial charge in [0.15, 0.2) is 0 Å². The van der Waals surface area contributed by atoms with Gasteiger partial charge in [0.1, 0.15) is 5.82 Å². The van der Waals surface area contributed by atoms with Crippen molar-refractivity contribution < 1.29 is 9.59 Å². The van der Waals surface area contributed by atoms with Crippen molar-refractivity contribution in [2.45, 2.75) is 65.2 Å². The molecule has 6 nitrogen and oxygen atoms in total. The van der Waals surface area contributed by atoms with E-state index < -0.39 is 0 Å². The number of carbonyl (C=O) groups excluding carboxylic acids is 2. The number of aromatic amines is 1. The lowest BCUT2D eigenvalue weighted by molar-refractivity contribution is -0.122. The molecule has 6 heteroatoms. The Hall–Kier alpha value is -3.15. The Kier molecular flexibility index (Phi) is 6.89. The van der Waals surface area contributed by atoms with Crippen LogP contribution in [0.3, 0.4) is 0 Å². The van der Waals surface area contributed by atoms with Crippen molar-refractivity contribution in [2.24, 2.45) is 23.7 Å². The van der Waals surface area contributed by atoms with E-state index in [1.807, 2.05) is 42.5 Å². The topological polar surface area (TPSA) is 86.9 Å². The van der Waals surface area contributed by atoms with E-state index in [1.165, 1.54) is 12.8 Å². The molecule has 3 N–H and O–H groups in total. The molecule has 2 amide bonds. The predicted octanol–water partition coefficient (Wildman–Crippen LogP) is 6.76. The molecule has 2 aliphatic rings. The second-order valence-corrected chi connectivity index (χ2v) is 10.8. The molecular formula is C29H36N4O2. The molecule has 4 unspecified atom stereocenters. The monoisotopic (exact) mass is 472 g/mol. The number of fused-ring (bicyclic) bond motifs is 1. The zero-order chi connectivity index (χ0) is 24.4. The van der Waals surface area contributed by atoms with E-state index in [0.29, 0.717) is 11.8 Å². The first-order valence-corrected chi connectivity index (χ1v) is 13.2. The van der Waals surface area contributed by atoms with Gasteiger partial charge >= 0.3 is 0 Å². The summed E-state index contributed by atoms with van der Waals surface area (Å²) in [7, 11) is 0. The molecule has 0 radical (unpaired) electrons. The van der Waals surface area contributed by atoms with Crippen molar-refractivity contribution in [1.82, 2.24) is 9.97 Å². The standard InChI is InChI=1S/C29H36N4O2/c1-18-6-3-9-21(14-18)28(34)30-23-11-5-8-20(16-23)27-32-25-13-12-24(17-26(25)33-27)31-29(35)22-10-4-7-19(2)15-22/h5,8,11-13,16-19,21-22H,3-4,6-7,9-10,14-15H2,1-2H3,(H,30,34)(H,31,35)(H,32,33). The fourth-order valence-electron chi connectivity index (χ4n) is 5.80. The number of carbonyl (C=O) groups is 2. The first-order valence-electron chi connectivity index (χ1n) is 13.2. The molecule has 35 heavy (non-hydrogen) atoms. The molecule has 3 aromatic rings. The Bertz CT molecular complexity index is 1220. The van der Waals surface area contributed by atoms with Crippen LogP contribution in [-0.4, -0.2) is 21.8 Å². The lowest BCUT2D eigenvalue weighted by atomic mass is 9.82. The normalized spacial score (nSPS) is 24.7. The second kappa shape index (κ2) is 10.2. The summed E-state index contributed by atoms with van der Waals surface area (Å²) < 4.78 is 0. The minimum Gasteiger partial charge on any atom is -0.338 e. The zero-order valence-corrected chi connectivity index (χ0v) is 20.8. The van der Waals surface area contributed by atoms with Gasteiger partial charge in [-0.05, 0) is 67.9 Å². The Labute approximate surface area is 207 Å². The van der Waals surface area contributed by atoms with Crippen molar-refractivity contribution in [1.29, 1.82) is 0 Å². The molecule has 0 aliphatic heterocycles. The molecule has 2 aliphatic carbocycles. The highest BCUT2D eigenvalue weighted by Crippen LogP contribution is 2.31. The third kappa shape index (κ3) is 5.58. The molecule has 2 fully saturated rings. The van der Waals surface area contributed by atoms with Crippen LogP contribution in [0, 0.1) is 23.7 Å². The number of imidazole rings is 1. The van der Waals surface area contributed by atoms with Crippen molar-refractivity contribution >= 4 is 34.2 Å². The van der Waals surface area contributed by atoms with Crippen LogP contribution in [-0.2, 0) is 9.59 Å². The predicted molar refractivity (Wildman–Crippen MR) is 141 cm³/mol. The fraction of sp³-hybridized carbons (Fsp3) is 0.483. The van der Waals surface area contributed by atoms with Crippen LogP contribution in [0.25, 0.3) is 22.4 Å². The van der Waals surface area contributed by atoms with E-state index in [0.717, 1.165) is 72.3 Å². The molecular weight excluding hydrogens is 436 g/mol. The van der Waals surface area contributed by atoms with Crippen molar-refractivity contribution in [3.8, 4) is 11.4 Å². The average molecular weight is 473 g/mol. The molecule has 2 saturated carbocycles. The van der Waals surface area contributed by atoms with Crippen molar-refractivity contribution in [3.63, 3.8) is 0 Å². The first-order chi connectivity index (χ1) is 16.9. The molecule has 184 valence electrons. The van der Waals surface area contributed by atoms with Gasteiger partial charge in [-0.1, -0.05) is 51.7 Å². The maximum atomic E-state index is 12.8. The van der Waals surface area contributed by atoms with Crippen LogP contribution in [0.1, 0.15) is 65.2 Å². The van der Waals surface area contributed by atoms with Gasteiger partial charge in [-0.3, -0.25) is 9.59 Å². The van der Waals surface area contributed by atoms with Gasteiger partial charge in [0.2, 0.25) is 11.8 Å². The largest absolute Gasteiger partial charge is 0.338 e. The molecule has 0 spiro atoms. The highest BCUT2D eigenvalue weighted by molar-refractivity contribution is 5.95. The average Bonchev–Trinajstić information content (AvgIpc) is 3.28. The Morgan fingerprint density at radius 1 is 0.829 bits per heavy atom. The van der Waals surface area contributed by atoms with Gasteiger partial charge in [0, 0.05) is 28.8 Å². The summed E-state index contributed by atoms with van der Waals surface area (Å²) in [4.78, 5) is 33.7. The molecule has 0 saturated heterocycles. The van der Waals surface area contributed by atoms with Gasteiger partial charge in [0.25, 0.3) is 0 Å². The smallest absolute Gasteiger partial charge is 0.227 e. The summed E-state index contributed by atoms with van der Waals surface area (Å²) in [5.41, 5.74) is 4.22. The van der Waals surface area contributed by atoms with Crippen molar-refractivity contribution in [2.75, 3.05) is 10.6 Å². The minimum absolute atomic E-state index is 0.0964. The molecule has 4 atom stereocenters. The molecule has 5 rings (SSSR count). The fourth-order valence-corrected chi connectivity index (χ4v) is 5.80. The van der Waals surface area contributed by atoms with Gasteiger partial charge in [-0.2, -0.15) is 0 Å². The first kappa shape index (κ1) is 23.6. The van der Waals surface area contributed by atoms with Crippen LogP contribution in [0.15, 0.2) is 42.5 Å². The molecule has 1 aromatic heterocycles. The number of H-pyrrole nitrogens is 1. The Morgan fingerprint density at radius 2 is 1.46 bits per heavy atom. The van der Waals surface area contributed by atoms with Gasteiger partial charge in [0.05, 0.1) is 11.0 Å². The van der Waals surface area contributed by atoms with E-state index in [1.54, 1.807) is 0 Å². The van der Waals surface area contributed by atoms with Gasteiger partial charge in [-0.25, -0.2) is 4.98 Å². The number of amides is 2. The highest BCUT2D eigenvalue weighted by atomic mass is 16.2. The molecule has 1 heterocycles. The van der Waals surface area contributed by atoms with Crippen LogP contribution < -0.4 is 10.6 Å². The van der Waals surface area contributed by atoms with E-state index >= 15 is 0 Å². The maximum absolute atomic E-state index is 12.8. The van der Waals surface area contributed by atoms with Crippen LogP contribution >= 0.6 is 0 Å². The Morgan fingerprint density at radius 3 is 2.09 bits per heavy atom. The van der Waals surface area contributed by atoms with Crippen LogP contribution in [0.2, 0.25) is 0 Å². The summed E-state index contributed by atoms with van der Waals surface area (Å²) in [5, 5.41) is 6.22.